The molecule has 2 fully saturated rings. The number of aromatic nitrogens is 8. The summed E-state index contributed by atoms with van der Waals surface area (Å²) in [4.78, 5) is 79.2. The number of imidazole rings is 4. The van der Waals surface area contributed by atoms with Crippen molar-refractivity contribution in [2.45, 2.75) is 49.9 Å². The molecule has 2 aliphatic rings. The average molecular weight is 608 g/mol. The summed E-state index contributed by atoms with van der Waals surface area (Å²) in [6.45, 7) is 0. The quantitative estimate of drug-likeness (QED) is 0.142. The third-order valence-electron chi connectivity index (χ3n) is 6.24. The molecule has 4 amide bonds. The number of amides is 4. The number of hydrogen-bond donors (Lipinski definition) is 4. The molecule has 0 bridgehead atoms. The van der Waals surface area contributed by atoms with Crippen molar-refractivity contribution in [3.8, 4) is 0 Å². The first-order valence-electron chi connectivity index (χ1n) is 12.3. The number of hydrogen-bond acceptors (Lipinski definition) is 8. The molecule has 4 N–H and O–H groups in total. The summed E-state index contributed by atoms with van der Waals surface area (Å²) in [5.74, 6) is -0.900. The van der Waals surface area contributed by atoms with Gasteiger partial charge in [-0.2, -0.15) is 0 Å². The van der Waals surface area contributed by atoms with E-state index in [1.807, 2.05) is 0 Å². The zero-order valence-electron chi connectivity index (χ0n) is 21.3. The van der Waals surface area contributed by atoms with Crippen molar-refractivity contribution in [1.29, 1.82) is 0 Å². The second-order valence-corrected chi connectivity index (χ2v) is 9.12. The summed E-state index contributed by atoms with van der Waals surface area (Å²) in [5, 5.41) is 10.8. The molecule has 4 atom stereocenters. The Labute approximate surface area is 243 Å². The molecule has 6 rings (SSSR count). The van der Waals surface area contributed by atoms with Gasteiger partial charge in [0.2, 0.25) is 23.6 Å². The van der Waals surface area contributed by atoms with Crippen molar-refractivity contribution in [1.82, 2.24) is 61.1 Å². The van der Waals surface area contributed by atoms with Crippen LogP contribution in [0.1, 0.15) is 22.8 Å². The maximum atomic E-state index is 12.0. The zero-order valence-corrected chi connectivity index (χ0v) is 22.2. The second kappa shape index (κ2) is 13.5. The number of carbonyl (C=O) groups excluding carboxylic acids is 4. The Bertz CT molecular complexity index is 1190. The zero-order chi connectivity index (χ0) is 27.9. The minimum absolute atomic E-state index is 0. The number of piperazine rings is 2. The van der Waals surface area contributed by atoms with Crippen molar-refractivity contribution in [2.24, 2.45) is 0 Å². The van der Waals surface area contributed by atoms with E-state index in [1.165, 1.54) is 25.3 Å². The predicted octanol–water partition coefficient (Wildman–Crippen LogP) is -3.68. The van der Waals surface area contributed by atoms with Gasteiger partial charge in [-0.25, -0.2) is 0 Å². The number of nitrogens with zero attached hydrogens (tertiary/aromatic N) is 8. The molecule has 0 saturated carbocycles. The molecule has 1 radical (unpaired) electrons. The molecule has 4 aromatic heterocycles. The normalized spacial score (nSPS) is 21.9. The Hall–Kier alpha value is -4.76. The number of carbonyl (C=O) groups is 4. The SMILES string of the molecule is O=C1NC(Cc2c[n-]cn2)C(=O)NC1Cc1c[n-]cn1.O=C1NC(Cc2c[n-]cn2)C(=O)NC1Cc1c[n-]cn1.[Cu+2]. The standard InChI is InChI=1S/2C12H14N6O2.Cu/c2*19-11-9(1-7-3-13-5-15-7)17-12(20)10(18-11)2-8-4-14-6-16-8;/h2*3-6,9-10H,1-2H2,(H4,13,14,15,16,17,18,19,20);/q;;+2/p-4. The topological polar surface area (TPSA) is 224 Å². The van der Waals surface area contributed by atoms with Crippen molar-refractivity contribution >= 4 is 23.6 Å². The average Bonchev–Trinajstić information content (AvgIpc) is 3.75. The smallest absolute Gasteiger partial charge is 0.450 e. The molecule has 16 nitrogen and oxygen atoms in total. The predicted molar refractivity (Wildman–Crippen MR) is 133 cm³/mol. The fourth-order valence-corrected chi connectivity index (χ4v) is 4.23. The van der Waals surface area contributed by atoms with E-state index in [-0.39, 0.29) is 40.7 Å². The van der Waals surface area contributed by atoms with E-state index in [9.17, 15) is 19.2 Å². The molecule has 2 aliphatic heterocycles. The summed E-state index contributed by atoms with van der Waals surface area (Å²) in [7, 11) is 0. The molecular weight excluding hydrogens is 584 g/mol. The summed E-state index contributed by atoms with van der Waals surface area (Å²) in [5.41, 5.74) is 2.69. The van der Waals surface area contributed by atoms with E-state index in [0.717, 1.165) is 0 Å². The van der Waals surface area contributed by atoms with Crippen LogP contribution in [0, 0.1) is 0 Å². The molecule has 2 saturated heterocycles. The van der Waals surface area contributed by atoms with Gasteiger partial charge in [-0.05, 0) is 25.7 Å². The summed E-state index contributed by atoms with van der Waals surface area (Å²) >= 11 is 0. The molecule has 4 aromatic rings. The first-order chi connectivity index (χ1) is 19.4. The van der Waals surface area contributed by atoms with Crippen LogP contribution in [0.15, 0.2) is 50.1 Å². The van der Waals surface area contributed by atoms with Gasteiger partial charge in [0.05, 0.1) is 0 Å². The third-order valence-corrected chi connectivity index (χ3v) is 6.24. The summed E-state index contributed by atoms with van der Waals surface area (Å²) in [6.07, 6.45) is 13.3. The largest absolute Gasteiger partial charge is 2.00 e. The Morgan fingerprint density at radius 3 is 0.854 bits per heavy atom. The van der Waals surface area contributed by atoms with Crippen molar-refractivity contribution in [3.05, 3.63) is 72.9 Å². The van der Waals surface area contributed by atoms with E-state index >= 15 is 0 Å². The Kier molecular flexibility index (Phi) is 9.65. The van der Waals surface area contributed by atoms with Gasteiger partial charge in [0.1, 0.15) is 24.2 Å². The van der Waals surface area contributed by atoms with Crippen molar-refractivity contribution < 1.29 is 36.2 Å². The van der Waals surface area contributed by atoms with Crippen LogP contribution in [0.3, 0.4) is 0 Å². The van der Waals surface area contributed by atoms with E-state index in [4.69, 9.17) is 0 Å². The Morgan fingerprint density at radius 1 is 0.463 bits per heavy atom. The summed E-state index contributed by atoms with van der Waals surface area (Å²) < 4.78 is 0. The van der Waals surface area contributed by atoms with E-state index in [1.54, 1.807) is 24.8 Å². The van der Waals surface area contributed by atoms with Crippen LogP contribution in [0.5, 0.6) is 0 Å². The van der Waals surface area contributed by atoms with Gasteiger partial charge in [-0.3, -0.25) is 19.2 Å². The van der Waals surface area contributed by atoms with Gasteiger partial charge < -0.3 is 61.1 Å². The molecule has 0 aliphatic carbocycles. The first-order valence-corrected chi connectivity index (χ1v) is 12.3. The first kappa shape index (κ1) is 29.2. The van der Waals surface area contributed by atoms with Crippen LogP contribution in [-0.2, 0) is 61.9 Å². The molecule has 41 heavy (non-hydrogen) atoms. The summed E-state index contributed by atoms with van der Waals surface area (Å²) in [6, 6.07) is -2.44. The molecule has 0 aromatic carbocycles. The van der Waals surface area contributed by atoms with Gasteiger partial charge in [0.15, 0.2) is 0 Å². The minimum atomic E-state index is -0.610. The van der Waals surface area contributed by atoms with Crippen LogP contribution in [0.4, 0.5) is 0 Å². The number of nitrogens with one attached hydrogen (secondary N) is 4. The van der Waals surface area contributed by atoms with Gasteiger partial charge >= 0.3 is 17.1 Å². The number of rotatable bonds is 8. The van der Waals surface area contributed by atoms with Gasteiger partial charge in [-0.1, -0.05) is 72.9 Å². The molecule has 4 unspecified atom stereocenters. The molecule has 0 spiro atoms. The van der Waals surface area contributed by atoms with E-state index in [2.05, 4.69) is 61.1 Å². The molecule has 217 valence electrons. The van der Waals surface area contributed by atoms with Crippen LogP contribution in [-0.4, -0.2) is 67.7 Å². The van der Waals surface area contributed by atoms with Crippen LogP contribution >= 0.6 is 0 Å². The Balaban J connectivity index is 0.000000184. The molecular formula is C24H24CuN12O4-2. The molecule has 6 heterocycles. The fraction of sp³-hybridized carbons (Fsp3) is 0.333. The fourth-order valence-electron chi connectivity index (χ4n) is 4.23. The van der Waals surface area contributed by atoms with Crippen LogP contribution in [0.2, 0.25) is 0 Å². The van der Waals surface area contributed by atoms with Gasteiger partial charge in [0, 0.05) is 0 Å². The molecule has 17 heteroatoms. The minimum Gasteiger partial charge on any atom is -0.450 e. The monoisotopic (exact) mass is 607 g/mol. The van der Waals surface area contributed by atoms with E-state index < -0.39 is 24.2 Å². The maximum Gasteiger partial charge on any atom is 2.00 e. The van der Waals surface area contributed by atoms with Crippen molar-refractivity contribution in [3.63, 3.8) is 0 Å². The van der Waals surface area contributed by atoms with Gasteiger partial charge in [-0.15, -0.1) is 0 Å². The van der Waals surface area contributed by atoms with Crippen molar-refractivity contribution in [2.75, 3.05) is 0 Å². The van der Waals surface area contributed by atoms with Crippen LogP contribution < -0.4 is 41.2 Å². The van der Waals surface area contributed by atoms with Crippen LogP contribution in [0.25, 0.3) is 0 Å². The second-order valence-electron chi connectivity index (χ2n) is 9.12. The van der Waals surface area contributed by atoms with E-state index in [0.29, 0.717) is 48.5 Å². The third kappa shape index (κ3) is 7.67. The maximum absolute atomic E-state index is 12.0. The Morgan fingerprint density at radius 2 is 0.683 bits per heavy atom. The van der Waals surface area contributed by atoms with Gasteiger partial charge in [0.25, 0.3) is 0 Å².